The van der Waals surface area contributed by atoms with Crippen LogP contribution >= 0.6 is 27.5 Å². The van der Waals surface area contributed by atoms with Crippen molar-refractivity contribution < 1.29 is 9.21 Å². The molecule has 0 atom stereocenters. The van der Waals surface area contributed by atoms with Crippen LogP contribution in [0.4, 0.5) is 0 Å². The molecule has 0 spiro atoms. The van der Waals surface area contributed by atoms with Crippen molar-refractivity contribution in [3.8, 4) is 0 Å². The van der Waals surface area contributed by atoms with Gasteiger partial charge in [0, 0.05) is 19.0 Å². The van der Waals surface area contributed by atoms with Crippen LogP contribution in [-0.4, -0.2) is 15.6 Å². The molecule has 0 amide bonds. The molecule has 0 saturated heterocycles. The lowest BCUT2D eigenvalue weighted by Gasteiger charge is -1.98. The van der Waals surface area contributed by atoms with Crippen molar-refractivity contribution in [3.63, 3.8) is 0 Å². The van der Waals surface area contributed by atoms with Gasteiger partial charge < -0.3 is 4.42 Å². The molecule has 0 fully saturated rings. The molecule has 0 aliphatic heterocycles. The second-order valence-electron chi connectivity index (χ2n) is 3.68. The Kier molecular flexibility index (Phi) is 3.40. The number of halogens is 2. The number of ketones is 1. The Labute approximate surface area is 112 Å². The van der Waals surface area contributed by atoms with Crippen LogP contribution in [0.15, 0.2) is 21.2 Å². The van der Waals surface area contributed by atoms with Gasteiger partial charge in [-0.3, -0.25) is 9.48 Å². The molecule has 0 bridgehead atoms. The Morgan fingerprint density at radius 3 is 2.76 bits per heavy atom. The van der Waals surface area contributed by atoms with Crippen molar-refractivity contribution in [2.75, 3.05) is 0 Å². The zero-order chi connectivity index (χ0) is 12.6. The van der Waals surface area contributed by atoms with Gasteiger partial charge in [0.25, 0.3) is 0 Å². The molecule has 4 nitrogen and oxygen atoms in total. The van der Waals surface area contributed by atoms with E-state index in [1.54, 1.807) is 23.9 Å². The lowest BCUT2D eigenvalue weighted by molar-refractivity contribution is 0.0965. The zero-order valence-corrected chi connectivity index (χ0v) is 11.7. The Balaban J connectivity index is 2.24. The number of hydrogen-bond acceptors (Lipinski definition) is 3. The molecule has 2 rings (SSSR count). The number of aryl methyl sites for hydroxylation is 2. The third-order valence-electron chi connectivity index (χ3n) is 2.46. The third kappa shape index (κ3) is 2.45. The molecule has 90 valence electrons. The normalized spacial score (nSPS) is 10.8. The topological polar surface area (TPSA) is 48.0 Å². The van der Waals surface area contributed by atoms with E-state index in [2.05, 4.69) is 21.0 Å². The summed E-state index contributed by atoms with van der Waals surface area (Å²) in [5.41, 5.74) is 1.50. The maximum Gasteiger partial charge on any atom is 0.202 e. The van der Waals surface area contributed by atoms with Crippen molar-refractivity contribution >= 4 is 33.3 Å². The lowest BCUT2D eigenvalue weighted by Crippen LogP contribution is -2.03. The van der Waals surface area contributed by atoms with E-state index in [1.807, 2.05) is 6.92 Å². The molecule has 2 heterocycles. The first-order valence-corrected chi connectivity index (χ1v) is 6.12. The van der Waals surface area contributed by atoms with Crippen LogP contribution in [0, 0.1) is 6.92 Å². The maximum atomic E-state index is 11.9. The summed E-state index contributed by atoms with van der Waals surface area (Å²) in [5.74, 6) is 0.199. The van der Waals surface area contributed by atoms with Gasteiger partial charge in [0.15, 0.2) is 10.4 Å². The summed E-state index contributed by atoms with van der Waals surface area (Å²) in [7, 11) is 1.74. The predicted octanol–water partition coefficient (Wildman–Crippen LogP) is 3.16. The molecule has 0 aliphatic rings. The first kappa shape index (κ1) is 12.4. The molecule has 0 aliphatic carbocycles. The highest BCUT2D eigenvalue weighted by Crippen LogP contribution is 2.22. The summed E-state index contributed by atoms with van der Waals surface area (Å²) in [6.07, 6.45) is 0.193. The molecule has 0 radical (unpaired) electrons. The molecule has 2 aromatic heterocycles. The van der Waals surface area contributed by atoms with Gasteiger partial charge in [0.1, 0.15) is 5.15 Å². The second-order valence-corrected chi connectivity index (χ2v) is 4.82. The second kappa shape index (κ2) is 4.66. The highest BCUT2D eigenvalue weighted by molar-refractivity contribution is 9.10. The number of nitrogens with zero attached hydrogens (tertiary/aromatic N) is 2. The first-order chi connectivity index (χ1) is 7.99. The van der Waals surface area contributed by atoms with E-state index in [1.165, 1.54) is 0 Å². The molecule has 2 aromatic rings. The van der Waals surface area contributed by atoms with Crippen LogP contribution in [0.5, 0.6) is 0 Å². The van der Waals surface area contributed by atoms with Crippen LogP contribution in [0.3, 0.4) is 0 Å². The van der Waals surface area contributed by atoms with Gasteiger partial charge >= 0.3 is 0 Å². The summed E-state index contributed by atoms with van der Waals surface area (Å²) >= 11 is 9.22. The SMILES string of the molecule is Cc1nn(C)c(Cl)c1CC(=O)c1ccc(Br)o1. The minimum atomic E-state index is -0.117. The number of carbonyl (C=O) groups is 1. The lowest BCUT2D eigenvalue weighted by atomic mass is 10.1. The van der Waals surface area contributed by atoms with Gasteiger partial charge in [-0.15, -0.1) is 0 Å². The monoisotopic (exact) mass is 316 g/mol. The molecule has 0 unspecified atom stereocenters. The van der Waals surface area contributed by atoms with Crippen LogP contribution in [0.2, 0.25) is 5.15 Å². The van der Waals surface area contributed by atoms with E-state index in [9.17, 15) is 4.79 Å². The van der Waals surface area contributed by atoms with Crippen molar-refractivity contribution in [3.05, 3.63) is 39.0 Å². The molecular weight excluding hydrogens is 307 g/mol. The zero-order valence-electron chi connectivity index (χ0n) is 9.33. The third-order valence-corrected chi connectivity index (χ3v) is 3.35. The van der Waals surface area contributed by atoms with E-state index in [0.717, 1.165) is 11.3 Å². The van der Waals surface area contributed by atoms with E-state index >= 15 is 0 Å². The van der Waals surface area contributed by atoms with Gasteiger partial charge in [0.2, 0.25) is 5.78 Å². The van der Waals surface area contributed by atoms with Gasteiger partial charge in [-0.05, 0) is 35.0 Å². The quantitative estimate of drug-likeness (QED) is 0.817. The summed E-state index contributed by atoms with van der Waals surface area (Å²) in [6.45, 7) is 1.83. The number of aromatic nitrogens is 2. The Morgan fingerprint density at radius 1 is 1.59 bits per heavy atom. The molecule has 6 heteroatoms. The first-order valence-electron chi connectivity index (χ1n) is 4.95. The molecule has 0 saturated carbocycles. The van der Waals surface area contributed by atoms with Crippen LogP contribution < -0.4 is 0 Å². The van der Waals surface area contributed by atoms with Crippen molar-refractivity contribution in [2.24, 2.45) is 7.05 Å². The van der Waals surface area contributed by atoms with E-state index in [0.29, 0.717) is 15.6 Å². The fraction of sp³-hybridized carbons (Fsp3) is 0.273. The average molecular weight is 318 g/mol. The standard InChI is InChI=1S/C11H10BrClN2O2/c1-6-7(11(13)15(2)14-6)5-8(16)9-3-4-10(12)17-9/h3-4H,5H2,1-2H3. The van der Waals surface area contributed by atoms with Crippen molar-refractivity contribution in [1.82, 2.24) is 9.78 Å². The Bertz CT molecular complexity index is 574. The van der Waals surface area contributed by atoms with Gasteiger partial charge in [-0.1, -0.05) is 11.6 Å². The fourth-order valence-electron chi connectivity index (χ4n) is 1.59. The minimum Gasteiger partial charge on any atom is -0.446 e. The van der Waals surface area contributed by atoms with Gasteiger partial charge in [0.05, 0.1) is 5.69 Å². The largest absolute Gasteiger partial charge is 0.446 e. The summed E-state index contributed by atoms with van der Waals surface area (Å²) in [5, 5.41) is 4.64. The highest BCUT2D eigenvalue weighted by Gasteiger charge is 2.18. The smallest absolute Gasteiger partial charge is 0.202 e. The van der Waals surface area contributed by atoms with Gasteiger partial charge in [-0.25, -0.2) is 0 Å². The van der Waals surface area contributed by atoms with E-state index < -0.39 is 0 Å². The van der Waals surface area contributed by atoms with Crippen LogP contribution in [0.1, 0.15) is 21.8 Å². The number of hydrogen-bond donors (Lipinski definition) is 0. The maximum absolute atomic E-state index is 11.9. The average Bonchev–Trinajstić information content (AvgIpc) is 2.79. The van der Waals surface area contributed by atoms with E-state index in [-0.39, 0.29) is 12.2 Å². The summed E-state index contributed by atoms with van der Waals surface area (Å²) in [4.78, 5) is 11.9. The molecule has 0 N–H and O–H groups in total. The predicted molar refractivity (Wildman–Crippen MR) is 67.4 cm³/mol. The minimum absolute atomic E-state index is 0.117. The number of carbonyl (C=O) groups excluding carboxylic acids is 1. The van der Waals surface area contributed by atoms with Crippen molar-refractivity contribution in [1.29, 1.82) is 0 Å². The molecule has 17 heavy (non-hydrogen) atoms. The van der Waals surface area contributed by atoms with E-state index in [4.69, 9.17) is 16.0 Å². The highest BCUT2D eigenvalue weighted by atomic mass is 79.9. The summed E-state index contributed by atoms with van der Waals surface area (Å²) < 4.78 is 7.29. The molecule has 0 aromatic carbocycles. The van der Waals surface area contributed by atoms with Crippen LogP contribution in [0.25, 0.3) is 0 Å². The van der Waals surface area contributed by atoms with Crippen molar-refractivity contribution in [2.45, 2.75) is 13.3 Å². The summed E-state index contributed by atoms with van der Waals surface area (Å²) in [6, 6.07) is 3.32. The Morgan fingerprint density at radius 2 is 2.29 bits per heavy atom. The van der Waals surface area contributed by atoms with Gasteiger partial charge in [-0.2, -0.15) is 5.10 Å². The Hall–Kier alpha value is -1.07. The van der Waals surface area contributed by atoms with Crippen LogP contribution in [-0.2, 0) is 13.5 Å². The number of furan rings is 1. The fourth-order valence-corrected chi connectivity index (χ4v) is 2.13. The molecular formula is C11H10BrClN2O2. The number of rotatable bonds is 3. The number of Topliss-reactive ketones (excluding diaryl/α,β-unsaturated/α-hetero) is 1.